The number of nitrogens with one attached hydrogen (secondary N) is 2. The van der Waals surface area contributed by atoms with Gasteiger partial charge in [0, 0.05) is 10.1 Å². The minimum Gasteiger partial charge on any atom is -0.369 e. The molecule has 5 nitrogen and oxygen atoms in total. The van der Waals surface area contributed by atoms with Crippen LogP contribution in [-0.4, -0.2) is 22.4 Å². The average molecular weight is 368 g/mol. The summed E-state index contributed by atoms with van der Waals surface area (Å²) in [6, 6.07) is 7.57. The summed E-state index contributed by atoms with van der Waals surface area (Å²) in [7, 11) is 0. The van der Waals surface area contributed by atoms with Crippen molar-refractivity contribution in [2.45, 2.75) is 6.92 Å². The lowest BCUT2D eigenvalue weighted by molar-refractivity contribution is 0.102. The molecule has 0 bridgehead atoms. The van der Waals surface area contributed by atoms with E-state index in [1.54, 1.807) is 6.20 Å². The zero-order valence-corrected chi connectivity index (χ0v) is 12.5. The van der Waals surface area contributed by atoms with Gasteiger partial charge in [0.2, 0.25) is 0 Å². The van der Waals surface area contributed by atoms with E-state index in [1.807, 2.05) is 31.2 Å². The first-order valence-electron chi connectivity index (χ1n) is 5.82. The Labute approximate surface area is 125 Å². The van der Waals surface area contributed by atoms with Crippen molar-refractivity contribution >= 4 is 40.0 Å². The second-order valence-electron chi connectivity index (χ2n) is 3.75. The molecule has 0 aliphatic carbocycles. The molecule has 0 unspecified atom stereocenters. The highest BCUT2D eigenvalue weighted by molar-refractivity contribution is 14.1. The van der Waals surface area contributed by atoms with E-state index in [9.17, 15) is 4.79 Å². The lowest BCUT2D eigenvalue weighted by Crippen LogP contribution is -2.15. The first kappa shape index (κ1) is 13.7. The van der Waals surface area contributed by atoms with Crippen LogP contribution in [-0.2, 0) is 0 Å². The van der Waals surface area contributed by atoms with Gasteiger partial charge in [-0.25, -0.2) is 9.97 Å². The van der Waals surface area contributed by atoms with E-state index in [-0.39, 0.29) is 5.91 Å². The van der Waals surface area contributed by atoms with Crippen LogP contribution in [0.3, 0.4) is 0 Å². The smallest absolute Gasteiger partial charge is 0.275 e. The monoisotopic (exact) mass is 368 g/mol. The molecule has 6 heteroatoms. The SMILES string of the molecule is CCNc1cnc(C(=O)Nc2ccccc2I)cn1. The number of para-hydroxylation sites is 1. The number of benzene rings is 1. The Kier molecular flexibility index (Phi) is 4.67. The van der Waals surface area contributed by atoms with Crippen molar-refractivity contribution < 1.29 is 4.79 Å². The first-order chi connectivity index (χ1) is 9.20. The lowest BCUT2D eigenvalue weighted by Gasteiger charge is -2.07. The Morgan fingerprint density at radius 3 is 2.68 bits per heavy atom. The van der Waals surface area contributed by atoms with E-state index in [1.165, 1.54) is 6.20 Å². The van der Waals surface area contributed by atoms with Gasteiger partial charge in [-0.05, 0) is 41.6 Å². The van der Waals surface area contributed by atoms with Crippen LogP contribution in [0.1, 0.15) is 17.4 Å². The summed E-state index contributed by atoms with van der Waals surface area (Å²) in [6.45, 7) is 2.74. The Balaban J connectivity index is 2.10. The van der Waals surface area contributed by atoms with E-state index in [0.717, 1.165) is 15.8 Å². The summed E-state index contributed by atoms with van der Waals surface area (Å²) in [5, 5.41) is 5.83. The molecular weight excluding hydrogens is 355 g/mol. The Hall–Kier alpha value is -1.70. The third-order valence-electron chi connectivity index (χ3n) is 2.36. The summed E-state index contributed by atoms with van der Waals surface area (Å²) >= 11 is 2.17. The molecule has 2 rings (SSSR count). The molecule has 0 saturated carbocycles. The van der Waals surface area contributed by atoms with E-state index in [2.05, 4.69) is 43.2 Å². The van der Waals surface area contributed by atoms with Crippen molar-refractivity contribution in [2.24, 2.45) is 0 Å². The second-order valence-corrected chi connectivity index (χ2v) is 4.91. The van der Waals surface area contributed by atoms with Crippen LogP contribution in [0.2, 0.25) is 0 Å². The number of carbonyl (C=O) groups is 1. The van der Waals surface area contributed by atoms with Gasteiger partial charge in [-0.1, -0.05) is 12.1 Å². The molecule has 1 aromatic carbocycles. The highest BCUT2D eigenvalue weighted by Gasteiger charge is 2.09. The molecule has 0 spiro atoms. The molecule has 19 heavy (non-hydrogen) atoms. The number of carbonyl (C=O) groups excluding carboxylic acids is 1. The zero-order valence-electron chi connectivity index (χ0n) is 10.4. The number of nitrogens with zero attached hydrogens (tertiary/aromatic N) is 2. The van der Waals surface area contributed by atoms with E-state index in [0.29, 0.717) is 11.5 Å². The van der Waals surface area contributed by atoms with Gasteiger partial charge in [0.05, 0.1) is 18.1 Å². The van der Waals surface area contributed by atoms with Crippen molar-refractivity contribution in [3.8, 4) is 0 Å². The van der Waals surface area contributed by atoms with Gasteiger partial charge in [0.15, 0.2) is 0 Å². The molecule has 1 amide bonds. The number of rotatable bonds is 4. The van der Waals surface area contributed by atoms with Gasteiger partial charge in [-0.15, -0.1) is 0 Å². The summed E-state index contributed by atoms with van der Waals surface area (Å²) in [4.78, 5) is 20.2. The summed E-state index contributed by atoms with van der Waals surface area (Å²) < 4.78 is 0.977. The predicted molar refractivity (Wildman–Crippen MR) is 83.3 cm³/mol. The number of anilines is 2. The van der Waals surface area contributed by atoms with Crippen molar-refractivity contribution in [2.75, 3.05) is 17.2 Å². The quantitative estimate of drug-likeness (QED) is 0.815. The number of hydrogen-bond donors (Lipinski definition) is 2. The molecule has 2 aromatic rings. The minimum atomic E-state index is -0.264. The molecule has 2 N–H and O–H groups in total. The Morgan fingerprint density at radius 2 is 2.05 bits per heavy atom. The summed E-state index contributed by atoms with van der Waals surface area (Å²) in [6.07, 6.45) is 3.01. The standard InChI is InChI=1S/C13H13IN4O/c1-2-15-12-8-16-11(7-17-12)13(19)18-10-6-4-3-5-9(10)14/h3-8H,2H2,1H3,(H,15,17)(H,18,19). The Morgan fingerprint density at radius 1 is 1.26 bits per heavy atom. The molecule has 0 fully saturated rings. The topological polar surface area (TPSA) is 66.9 Å². The molecule has 1 aromatic heterocycles. The molecule has 0 aliphatic heterocycles. The number of aromatic nitrogens is 2. The van der Waals surface area contributed by atoms with E-state index >= 15 is 0 Å². The second kappa shape index (κ2) is 6.46. The van der Waals surface area contributed by atoms with Gasteiger partial charge in [-0.3, -0.25) is 4.79 Å². The maximum absolute atomic E-state index is 12.0. The highest BCUT2D eigenvalue weighted by Crippen LogP contribution is 2.17. The molecular formula is C13H13IN4O. The maximum Gasteiger partial charge on any atom is 0.275 e. The zero-order chi connectivity index (χ0) is 13.7. The minimum absolute atomic E-state index is 0.264. The molecule has 0 atom stereocenters. The summed E-state index contributed by atoms with van der Waals surface area (Å²) in [5.74, 6) is 0.396. The fourth-order valence-electron chi connectivity index (χ4n) is 1.47. The number of amides is 1. The third-order valence-corrected chi connectivity index (χ3v) is 3.31. The fraction of sp³-hybridized carbons (Fsp3) is 0.154. The maximum atomic E-state index is 12.0. The van der Waals surface area contributed by atoms with Crippen molar-refractivity contribution in [3.05, 3.63) is 45.9 Å². The van der Waals surface area contributed by atoms with Gasteiger partial charge in [0.25, 0.3) is 5.91 Å². The van der Waals surface area contributed by atoms with Crippen LogP contribution in [0, 0.1) is 3.57 Å². The molecule has 0 saturated heterocycles. The van der Waals surface area contributed by atoms with Crippen LogP contribution in [0.5, 0.6) is 0 Å². The third kappa shape index (κ3) is 3.63. The first-order valence-corrected chi connectivity index (χ1v) is 6.90. The van der Waals surface area contributed by atoms with Crippen LogP contribution >= 0.6 is 22.6 Å². The average Bonchev–Trinajstić information content (AvgIpc) is 2.42. The predicted octanol–water partition coefficient (Wildman–Crippen LogP) is 2.77. The van der Waals surface area contributed by atoms with E-state index in [4.69, 9.17) is 0 Å². The Bertz CT molecular complexity index is 571. The largest absolute Gasteiger partial charge is 0.369 e. The molecule has 0 radical (unpaired) electrons. The van der Waals surface area contributed by atoms with Gasteiger partial charge < -0.3 is 10.6 Å². The molecule has 0 aliphatic rings. The van der Waals surface area contributed by atoms with Crippen LogP contribution in [0.15, 0.2) is 36.7 Å². The van der Waals surface area contributed by atoms with Crippen molar-refractivity contribution in [3.63, 3.8) is 0 Å². The van der Waals surface area contributed by atoms with Crippen LogP contribution in [0.4, 0.5) is 11.5 Å². The summed E-state index contributed by atoms with van der Waals surface area (Å²) in [5.41, 5.74) is 1.06. The van der Waals surface area contributed by atoms with Crippen LogP contribution in [0.25, 0.3) is 0 Å². The number of halogens is 1. The van der Waals surface area contributed by atoms with Crippen molar-refractivity contribution in [1.82, 2.24) is 9.97 Å². The van der Waals surface area contributed by atoms with Crippen LogP contribution < -0.4 is 10.6 Å². The fourth-order valence-corrected chi connectivity index (χ4v) is 1.99. The van der Waals surface area contributed by atoms with E-state index < -0.39 is 0 Å². The molecule has 1 heterocycles. The van der Waals surface area contributed by atoms with Crippen molar-refractivity contribution in [1.29, 1.82) is 0 Å². The van der Waals surface area contributed by atoms with Gasteiger partial charge >= 0.3 is 0 Å². The van der Waals surface area contributed by atoms with Gasteiger partial charge in [0.1, 0.15) is 11.5 Å². The molecule has 98 valence electrons. The normalized spacial score (nSPS) is 10.0. The number of hydrogen-bond acceptors (Lipinski definition) is 4. The lowest BCUT2D eigenvalue weighted by atomic mass is 10.3. The highest BCUT2D eigenvalue weighted by atomic mass is 127. The van der Waals surface area contributed by atoms with Gasteiger partial charge in [-0.2, -0.15) is 0 Å².